The molecule has 3 N–H and O–H groups in total. The van der Waals surface area contributed by atoms with Gasteiger partial charge < -0.3 is 30.1 Å². The van der Waals surface area contributed by atoms with Crippen molar-refractivity contribution in [2.75, 3.05) is 13.2 Å². The van der Waals surface area contributed by atoms with E-state index in [9.17, 15) is 24.3 Å². The van der Waals surface area contributed by atoms with E-state index in [0.29, 0.717) is 6.42 Å². The van der Waals surface area contributed by atoms with Crippen LogP contribution in [0.15, 0.2) is 54.6 Å². The Bertz CT molecular complexity index is 1210. The number of phenolic OH excluding ortho intramolecular Hbond substituents is 1. The first-order valence-electron chi connectivity index (χ1n) is 14.3. The molecule has 3 amide bonds. The summed E-state index contributed by atoms with van der Waals surface area (Å²) in [4.78, 5) is 54.7. The van der Waals surface area contributed by atoms with E-state index in [-0.39, 0.29) is 37.3 Å². The molecule has 10 heteroatoms. The monoisotopic (exact) mass is 583 g/mol. The summed E-state index contributed by atoms with van der Waals surface area (Å²) in [5, 5.41) is 16.3. The van der Waals surface area contributed by atoms with Crippen molar-refractivity contribution in [3.05, 3.63) is 65.7 Å². The third-order valence-electron chi connectivity index (χ3n) is 6.70. The van der Waals surface area contributed by atoms with Gasteiger partial charge in [-0.05, 0) is 59.6 Å². The predicted octanol–water partition coefficient (Wildman–Crippen LogP) is 4.66. The predicted molar refractivity (Wildman–Crippen MR) is 160 cm³/mol. The maximum absolute atomic E-state index is 14.6. The molecular formula is C32H45N3O7. The number of phenols is 1. The van der Waals surface area contributed by atoms with Gasteiger partial charge in [0.2, 0.25) is 11.8 Å². The van der Waals surface area contributed by atoms with Crippen LogP contribution in [-0.4, -0.2) is 64.2 Å². The van der Waals surface area contributed by atoms with E-state index >= 15 is 0 Å². The van der Waals surface area contributed by atoms with Gasteiger partial charge in [0.25, 0.3) is 0 Å². The van der Waals surface area contributed by atoms with Crippen LogP contribution < -0.4 is 10.6 Å². The van der Waals surface area contributed by atoms with E-state index < -0.39 is 47.1 Å². The Labute approximate surface area is 248 Å². The zero-order valence-electron chi connectivity index (χ0n) is 25.7. The number of nitrogens with zero attached hydrogens (tertiary/aromatic N) is 1. The second-order valence-electron chi connectivity index (χ2n) is 11.6. The molecule has 0 fully saturated rings. The van der Waals surface area contributed by atoms with E-state index in [0.717, 1.165) is 5.56 Å². The summed E-state index contributed by atoms with van der Waals surface area (Å²) < 4.78 is 10.4. The van der Waals surface area contributed by atoms with Crippen molar-refractivity contribution in [2.45, 2.75) is 91.0 Å². The normalized spacial score (nSPS) is 12.9. The fourth-order valence-corrected chi connectivity index (χ4v) is 4.35. The lowest BCUT2D eigenvalue weighted by molar-refractivity contribution is -0.149. The smallest absolute Gasteiger partial charge is 0.408 e. The first kappa shape index (κ1) is 34.1. The van der Waals surface area contributed by atoms with Crippen molar-refractivity contribution in [3.63, 3.8) is 0 Å². The lowest BCUT2D eigenvalue weighted by atomic mass is 9.91. The Kier molecular flexibility index (Phi) is 12.4. The highest BCUT2D eigenvalue weighted by Crippen LogP contribution is 2.36. The molecule has 0 aromatic heterocycles. The molecule has 0 bridgehead atoms. The van der Waals surface area contributed by atoms with Crippen molar-refractivity contribution in [2.24, 2.45) is 0 Å². The van der Waals surface area contributed by atoms with Gasteiger partial charge >= 0.3 is 12.1 Å². The van der Waals surface area contributed by atoms with Crippen LogP contribution in [0.1, 0.15) is 78.5 Å². The molecule has 42 heavy (non-hydrogen) atoms. The van der Waals surface area contributed by atoms with Crippen molar-refractivity contribution in [1.82, 2.24) is 15.5 Å². The SMILES string of the molecule is CCOC(=O)CCNC(=O)C(c1ccccc1O)N(C(=O)C(Cc1ccccc1)NC(=O)OC(C)(C)C)C(C)(C)CC. The van der Waals surface area contributed by atoms with E-state index in [2.05, 4.69) is 10.6 Å². The van der Waals surface area contributed by atoms with E-state index in [4.69, 9.17) is 9.47 Å². The van der Waals surface area contributed by atoms with Crippen molar-refractivity contribution in [3.8, 4) is 5.75 Å². The minimum atomic E-state index is -1.28. The Balaban J connectivity index is 2.60. The lowest BCUT2D eigenvalue weighted by Crippen LogP contribution is -2.60. The van der Waals surface area contributed by atoms with Crippen LogP contribution in [0.3, 0.4) is 0 Å². The van der Waals surface area contributed by atoms with Crippen molar-refractivity contribution >= 4 is 23.9 Å². The van der Waals surface area contributed by atoms with Crippen molar-refractivity contribution < 1.29 is 33.8 Å². The fourth-order valence-electron chi connectivity index (χ4n) is 4.35. The summed E-state index contributed by atoms with van der Waals surface area (Å²) in [5.41, 5.74) is -0.715. The zero-order valence-corrected chi connectivity index (χ0v) is 25.7. The van der Waals surface area contributed by atoms with Gasteiger partial charge in [-0.25, -0.2) is 4.79 Å². The van der Waals surface area contributed by atoms with Crippen LogP contribution in [-0.2, 0) is 30.3 Å². The van der Waals surface area contributed by atoms with Crippen LogP contribution in [0.4, 0.5) is 4.79 Å². The largest absolute Gasteiger partial charge is 0.508 e. The summed E-state index contributed by atoms with van der Waals surface area (Å²) in [6.07, 6.45) is -0.255. The molecule has 0 radical (unpaired) electrons. The van der Waals surface area contributed by atoms with Gasteiger partial charge in [-0.3, -0.25) is 14.4 Å². The summed E-state index contributed by atoms with van der Waals surface area (Å²) in [5.74, 6) is -1.77. The van der Waals surface area contributed by atoms with E-state index in [1.807, 2.05) is 51.1 Å². The Morgan fingerprint density at radius 3 is 2.12 bits per heavy atom. The highest BCUT2D eigenvalue weighted by Gasteiger charge is 2.44. The average Bonchev–Trinajstić information content (AvgIpc) is 2.91. The maximum Gasteiger partial charge on any atom is 0.408 e. The number of amides is 3. The van der Waals surface area contributed by atoms with Gasteiger partial charge in [-0.1, -0.05) is 55.5 Å². The number of benzene rings is 2. The molecule has 230 valence electrons. The lowest BCUT2D eigenvalue weighted by Gasteiger charge is -2.44. The zero-order chi connectivity index (χ0) is 31.5. The Morgan fingerprint density at radius 1 is 0.929 bits per heavy atom. The first-order valence-corrected chi connectivity index (χ1v) is 14.3. The van der Waals surface area contributed by atoms with Gasteiger partial charge in [0, 0.05) is 24.1 Å². The Hall–Kier alpha value is -4.08. The number of esters is 1. The maximum atomic E-state index is 14.6. The molecule has 2 aromatic carbocycles. The first-order chi connectivity index (χ1) is 19.7. The Morgan fingerprint density at radius 2 is 1.55 bits per heavy atom. The molecule has 0 saturated carbocycles. The fraction of sp³-hybridized carbons (Fsp3) is 0.500. The molecule has 0 saturated heterocycles. The number of aromatic hydroxyl groups is 1. The molecule has 10 nitrogen and oxygen atoms in total. The summed E-state index contributed by atoms with van der Waals surface area (Å²) in [6.45, 7) is 12.6. The van der Waals surface area contributed by atoms with Crippen LogP contribution >= 0.6 is 0 Å². The third kappa shape index (κ3) is 10.1. The number of hydrogen-bond donors (Lipinski definition) is 3. The van der Waals surface area contributed by atoms with E-state index in [1.54, 1.807) is 45.9 Å². The number of carbonyl (C=O) groups is 4. The van der Waals surface area contributed by atoms with Crippen molar-refractivity contribution in [1.29, 1.82) is 0 Å². The topological polar surface area (TPSA) is 134 Å². The average molecular weight is 584 g/mol. The number of alkyl carbamates (subject to hydrolysis) is 1. The standard InChI is InChI=1S/C32H45N3O7/c1-8-32(6,7)35(27(23-17-13-14-18-25(23)36)28(38)33-20-19-26(37)41-9-2)29(39)24(21-22-15-11-10-12-16-22)34-30(40)42-31(3,4)5/h10-18,24,27,36H,8-9,19-21H2,1-7H3,(H,33,38)(H,34,40). The van der Waals surface area contributed by atoms with Gasteiger partial charge in [0.05, 0.1) is 13.0 Å². The summed E-state index contributed by atoms with van der Waals surface area (Å²) in [6, 6.07) is 13.1. The molecule has 0 spiro atoms. The van der Waals surface area contributed by atoms with Crippen LogP contribution in [0.5, 0.6) is 5.75 Å². The molecule has 0 aliphatic carbocycles. The number of para-hydroxylation sites is 1. The number of carbonyl (C=O) groups excluding carboxylic acids is 4. The highest BCUT2D eigenvalue weighted by atomic mass is 16.6. The van der Waals surface area contributed by atoms with Gasteiger partial charge in [-0.2, -0.15) is 0 Å². The molecule has 2 aromatic rings. The van der Waals surface area contributed by atoms with Crippen LogP contribution in [0.25, 0.3) is 0 Å². The van der Waals surface area contributed by atoms with Crippen LogP contribution in [0, 0.1) is 0 Å². The molecule has 0 aliphatic rings. The quantitative estimate of drug-likeness (QED) is 0.292. The number of ether oxygens (including phenoxy) is 2. The van der Waals surface area contributed by atoms with Gasteiger partial charge in [-0.15, -0.1) is 0 Å². The van der Waals surface area contributed by atoms with Gasteiger partial charge in [0.1, 0.15) is 23.4 Å². The second kappa shape index (κ2) is 15.2. The summed E-state index contributed by atoms with van der Waals surface area (Å²) in [7, 11) is 0. The molecule has 0 heterocycles. The minimum absolute atomic E-state index is 0.0278. The van der Waals surface area contributed by atoms with E-state index in [1.165, 1.54) is 11.0 Å². The number of hydrogen-bond acceptors (Lipinski definition) is 7. The highest BCUT2D eigenvalue weighted by molar-refractivity contribution is 5.93. The number of rotatable bonds is 13. The van der Waals surface area contributed by atoms with Crippen LogP contribution in [0.2, 0.25) is 0 Å². The molecule has 2 unspecified atom stereocenters. The molecule has 2 atom stereocenters. The minimum Gasteiger partial charge on any atom is -0.508 e. The number of nitrogens with one attached hydrogen (secondary N) is 2. The molecule has 2 rings (SSSR count). The molecular weight excluding hydrogens is 538 g/mol. The summed E-state index contributed by atoms with van der Waals surface area (Å²) >= 11 is 0. The van der Waals surface area contributed by atoms with Gasteiger partial charge in [0.15, 0.2) is 0 Å². The second-order valence-corrected chi connectivity index (χ2v) is 11.6. The third-order valence-corrected chi connectivity index (χ3v) is 6.70. The molecule has 0 aliphatic heterocycles.